The van der Waals surface area contributed by atoms with Gasteiger partial charge in [-0.15, -0.1) is 0 Å². The van der Waals surface area contributed by atoms with Gasteiger partial charge in [-0.25, -0.2) is 0 Å². The summed E-state index contributed by atoms with van der Waals surface area (Å²) < 4.78 is 0. The monoisotopic (exact) mass is 172 g/mol. The Labute approximate surface area is 77.2 Å². The Morgan fingerprint density at radius 2 is 1.50 bits per heavy atom. The highest BCUT2D eigenvalue weighted by Gasteiger charge is 2.17. The molecule has 0 amide bonds. The molecular weight excluding hydrogens is 148 g/mol. The maximum Gasteiger partial charge on any atom is 0.0565 e. The van der Waals surface area contributed by atoms with Crippen LogP contribution in [-0.4, -0.2) is 11.2 Å². The molecule has 0 aliphatic rings. The van der Waals surface area contributed by atoms with Crippen LogP contribution < -0.4 is 0 Å². The summed E-state index contributed by atoms with van der Waals surface area (Å²) in [5, 5.41) is 9.64. The summed E-state index contributed by atoms with van der Waals surface area (Å²) in [5.41, 5.74) is 0. The van der Waals surface area contributed by atoms with Crippen LogP contribution in [0.15, 0.2) is 0 Å². The molecule has 0 aromatic heterocycles. The Morgan fingerprint density at radius 3 is 1.83 bits per heavy atom. The summed E-state index contributed by atoms with van der Waals surface area (Å²) >= 11 is 0. The van der Waals surface area contributed by atoms with Gasteiger partial charge in [0.05, 0.1) is 6.10 Å². The molecule has 0 saturated heterocycles. The summed E-state index contributed by atoms with van der Waals surface area (Å²) in [4.78, 5) is 0. The predicted octanol–water partition coefficient (Wildman–Crippen LogP) is 3.08. The number of aliphatic hydroxyl groups is 1. The normalized spacial score (nSPS) is 19.2. The van der Waals surface area contributed by atoms with Crippen molar-refractivity contribution in [1.82, 2.24) is 0 Å². The molecule has 1 N–H and O–H groups in total. The van der Waals surface area contributed by atoms with E-state index in [1.807, 2.05) is 0 Å². The fourth-order valence-corrected chi connectivity index (χ4v) is 1.29. The molecule has 0 spiro atoms. The Kier molecular flexibility index (Phi) is 5.56. The molecule has 0 rings (SSSR count). The van der Waals surface area contributed by atoms with Crippen molar-refractivity contribution in [2.45, 2.75) is 53.6 Å². The first-order chi connectivity index (χ1) is 5.49. The van der Waals surface area contributed by atoms with Crippen LogP contribution in [0.2, 0.25) is 0 Å². The summed E-state index contributed by atoms with van der Waals surface area (Å²) in [5.74, 6) is 1.78. The van der Waals surface area contributed by atoms with Crippen molar-refractivity contribution in [3.63, 3.8) is 0 Å². The smallest absolute Gasteiger partial charge is 0.0565 e. The Balaban J connectivity index is 3.75. The molecule has 0 heterocycles. The lowest BCUT2D eigenvalue weighted by Crippen LogP contribution is -2.21. The zero-order valence-electron chi connectivity index (χ0n) is 9.17. The molecule has 0 aromatic rings. The van der Waals surface area contributed by atoms with E-state index in [1.165, 1.54) is 6.42 Å². The highest BCUT2D eigenvalue weighted by Crippen LogP contribution is 2.22. The molecule has 0 fully saturated rings. The van der Waals surface area contributed by atoms with Gasteiger partial charge in [-0.2, -0.15) is 0 Å². The summed E-state index contributed by atoms with van der Waals surface area (Å²) in [6, 6.07) is 0. The second-order valence-electron chi connectivity index (χ2n) is 4.41. The van der Waals surface area contributed by atoms with E-state index in [1.54, 1.807) is 0 Å². The third-order valence-electron chi connectivity index (χ3n) is 3.00. The quantitative estimate of drug-likeness (QED) is 0.675. The minimum absolute atomic E-state index is 0.117. The largest absolute Gasteiger partial charge is 0.393 e. The van der Waals surface area contributed by atoms with Crippen LogP contribution in [0.3, 0.4) is 0 Å². The fraction of sp³-hybridized carbons (Fsp3) is 1.00. The van der Waals surface area contributed by atoms with E-state index >= 15 is 0 Å². The van der Waals surface area contributed by atoms with Crippen molar-refractivity contribution in [1.29, 1.82) is 0 Å². The van der Waals surface area contributed by atoms with Crippen molar-refractivity contribution in [2.75, 3.05) is 0 Å². The highest BCUT2D eigenvalue weighted by atomic mass is 16.3. The van der Waals surface area contributed by atoms with E-state index in [-0.39, 0.29) is 6.10 Å². The fourth-order valence-electron chi connectivity index (χ4n) is 1.29. The predicted molar refractivity (Wildman–Crippen MR) is 54.1 cm³/mol. The van der Waals surface area contributed by atoms with Gasteiger partial charge in [0.1, 0.15) is 0 Å². The van der Waals surface area contributed by atoms with E-state index < -0.39 is 0 Å². The van der Waals surface area contributed by atoms with Crippen molar-refractivity contribution in [3.8, 4) is 0 Å². The molecule has 12 heavy (non-hydrogen) atoms. The van der Waals surface area contributed by atoms with Crippen LogP contribution in [0.4, 0.5) is 0 Å². The summed E-state index contributed by atoms with van der Waals surface area (Å²) in [6.45, 7) is 10.9. The summed E-state index contributed by atoms with van der Waals surface area (Å²) in [6.07, 6.45) is 2.05. The van der Waals surface area contributed by atoms with Crippen molar-refractivity contribution >= 4 is 0 Å². The molecule has 0 bridgehead atoms. The van der Waals surface area contributed by atoms with Gasteiger partial charge in [0, 0.05) is 0 Å². The van der Waals surface area contributed by atoms with E-state index in [0.29, 0.717) is 11.8 Å². The van der Waals surface area contributed by atoms with Gasteiger partial charge in [-0.05, 0) is 24.2 Å². The topological polar surface area (TPSA) is 20.2 Å². The second kappa shape index (κ2) is 5.58. The molecule has 3 unspecified atom stereocenters. The third-order valence-corrected chi connectivity index (χ3v) is 3.00. The lowest BCUT2D eigenvalue weighted by molar-refractivity contribution is 0.0892. The van der Waals surface area contributed by atoms with Gasteiger partial charge in [-0.3, -0.25) is 0 Å². The number of hydrogen-bond acceptors (Lipinski definition) is 1. The first-order valence-corrected chi connectivity index (χ1v) is 5.17. The van der Waals surface area contributed by atoms with E-state index in [2.05, 4.69) is 34.6 Å². The zero-order chi connectivity index (χ0) is 9.72. The first kappa shape index (κ1) is 12.0. The van der Waals surface area contributed by atoms with Crippen LogP contribution in [0, 0.1) is 17.8 Å². The molecular formula is C11H24O. The number of hydrogen-bond donors (Lipinski definition) is 1. The van der Waals surface area contributed by atoms with E-state index in [0.717, 1.165) is 12.3 Å². The lowest BCUT2D eigenvalue weighted by atomic mass is 9.86. The number of rotatable bonds is 5. The molecule has 0 aliphatic carbocycles. The molecule has 3 atom stereocenters. The van der Waals surface area contributed by atoms with E-state index in [4.69, 9.17) is 0 Å². The standard InChI is InChI=1S/C11H24O/c1-6-9(4)10(5)7-11(12)8(2)3/h8-12H,6-7H2,1-5H3. The van der Waals surface area contributed by atoms with Crippen molar-refractivity contribution < 1.29 is 5.11 Å². The minimum Gasteiger partial charge on any atom is -0.393 e. The molecule has 0 aliphatic heterocycles. The van der Waals surface area contributed by atoms with Gasteiger partial charge in [0.15, 0.2) is 0 Å². The average Bonchev–Trinajstić information content (AvgIpc) is 2.02. The molecule has 0 radical (unpaired) electrons. The maximum absolute atomic E-state index is 9.64. The van der Waals surface area contributed by atoms with Gasteiger partial charge < -0.3 is 5.11 Å². The van der Waals surface area contributed by atoms with Crippen LogP contribution in [0.25, 0.3) is 0 Å². The van der Waals surface area contributed by atoms with Gasteiger partial charge >= 0.3 is 0 Å². The molecule has 1 heteroatoms. The maximum atomic E-state index is 9.64. The Hall–Kier alpha value is -0.0400. The molecule has 0 aromatic carbocycles. The first-order valence-electron chi connectivity index (χ1n) is 5.17. The Bertz CT molecular complexity index is 110. The van der Waals surface area contributed by atoms with Crippen LogP contribution in [0.5, 0.6) is 0 Å². The lowest BCUT2D eigenvalue weighted by Gasteiger charge is -2.23. The van der Waals surface area contributed by atoms with Gasteiger partial charge in [-0.1, -0.05) is 41.0 Å². The van der Waals surface area contributed by atoms with Crippen molar-refractivity contribution in [3.05, 3.63) is 0 Å². The third kappa shape index (κ3) is 4.10. The summed E-state index contributed by atoms with van der Waals surface area (Å²) in [7, 11) is 0. The van der Waals surface area contributed by atoms with Crippen LogP contribution >= 0.6 is 0 Å². The van der Waals surface area contributed by atoms with E-state index in [9.17, 15) is 5.11 Å². The van der Waals surface area contributed by atoms with Crippen LogP contribution in [-0.2, 0) is 0 Å². The minimum atomic E-state index is -0.117. The molecule has 1 nitrogen and oxygen atoms in total. The SMILES string of the molecule is CCC(C)C(C)CC(O)C(C)C. The zero-order valence-corrected chi connectivity index (χ0v) is 9.17. The highest BCUT2D eigenvalue weighted by molar-refractivity contribution is 4.68. The van der Waals surface area contributed by atoms with Crippen molar-refractivity contribution in [2.24, 2.45) is 17.8 Å². The van der Waals surface area contributed by atoms with Crippen LogP contribution in [0.1, 0.15) is 47.5 Å². The van der Waals surface area contributed by atoms with Gasteiger partial charge in [0.25, 0.3) is 0 Å². The second-order valence-corrected chi connectivity index (χ2v) is 4.41. The molecule has 74 valence electrons. The molecule has 0 saturated carbocycles. The number of aliphatic hydroxyl groups excluding tert-OH is 1. The van der Waals surface area contributed by atoms with Gasteiger partial charge in [0.2, 0.25) is 0 Å². The average molecular weight is 172 g/mol. The Morgan fingerprint density at radius 1 is 1.00 bits per heavy atom.